The first-order valence-corrected chi connectivity index (χ1v) is 10.2. The highest BCUT2D eigenvalue weighted by Crippen LogP contribution is 2.36. The fourth-order valence-electron chi connectivity index (χ4n) is 1.28. The lowest BCUT2D eigenvalue weighted by atomic mass is 10.2. The Bertz CT molecular complexity index is 430. The first-order chi connectivity index (χ1) is 8.63. The number of pyridine rings is 1. The van der Waals surface area contributed by atoms with Gasteiger partial charge in [0.25, 0.3) is 0 Å². The predicted molar refractivity (Wildman–Crippen MR) is 85.3 cm³/mol. The summed E-state index contributed by atoms with van der Waals surface area (Å²) in [5.41, 5.74) is 1.11. The number of halogens is 1. The van der Waals surface area contributed by atoms with Crippen molar-refractivity contribution in [2.45, 2.75) is 45.8 Å². The Hall–Kier alpha value is -0.393. The molecule has 1 rings (SSSR count). The normalized spacial score (nSPS) is 12.6. The summed E-state index contributed by atoms with van der Waals surface area (Å²) in [6.45, 7) is 14.3. The number of nitrogens with zero attached hydrogens (tertiary/aromatic N) is 1. The van der Waals surface area contributed by atoms with Gasteiger partial charge in [-0.15, -0.1) is 0 Å². The molecule has 0 unspecified atom stereocenters. The Morgan fingerprint density at radius 2 is 1.89 bits per heavy atom. The third kappa shape index (κ3) is 4.89. The van der Waals surface area contributed by atoms with E-state index in [-0.39, 0.29) is 5.04 Å². The van der Waals surface area contributed by atoms with E-state index in [1.54, 1.807) is 6.20 Å². The van der Waals surface area contributed by atoms with Gasteiger partial charge >= 0.3 is 0 Å². The van der Waals surface area contributed by atoms with Gasteiger partial charge in [0, 0.05) is 6.20 Å². The van der Waals surface area contributed by atoms with Crippen LogP contribution in [0.5, 0.6) is 5.88 Å². The van der Waals surface area contributed by atoms with Crippen LogP contribution in [0.2, 0.25) is 18.1 Å². The Morgan fingerprint density at radius 3 is 2.42 bits per heavy atom. The first-order valence-electron chi connectivity index (χ1n) is 6.52. The molecular formula is C14H24BrNO2Si. The number of aryl methyl sites for hydroxylation is 1. The standard InChI is InChI=1S/C14H24BrNO2Si/c1-11-9-12(15)13(16-10-11)17-7-8-18-19(5,6)14(2,3)4/h9-10H,7-8H2,1-6H3. The zero-order chi connectivity index (χ0) is 14.7. The molecule has 108 valence electrons. The van der Waals surface area contributed by atoms with Gasteiger partial charge in [0.2, 0.25) is 5.88 Å². The second-order valence-electron chi connectivity index (χ2n) is 6.26. The van der Waals surface area contributed by atoms with E-state index >= 15 is 0 Å². The van der Waals surface area contributed by atoms with Crippen molar-refractivity contribution in [1.82, 2.24) is 4.98 Å². The summed E-state index contributed by atoms with van der Waals surface area (Å²) >= 11 is 3.45. The SMILES string of the molecule is Cc1cnc(OCCO[Si](C)(C)C(C)(C)C)c(Br)c1. The van der Waals surface area contributed by atoms with Crippen molar-refractivity contribution in [2.75, 3.05) is 13.2 Å². The molecular weight excluding hydrogens is 322 g/mol. The average Bonchev–Trinajstić information content (AvgIpc) is 2.25. The van der Waals surface area contributed by atoms with E-state index in [2.05, 4.69) is 54.8 Å². The van der Waals surface area contributed by atoms with E-state index in [0.717, 1.165) is 10.0 Å². The van der Waals surface area contributed by atoms with Gasteiger partial charge in [-0.05, 0) is 52.6 Å². The molecule has 1 aromatic heterocycles. The molecule has 0 fully saturated rings. The molecule has 0 aliphatic heterocycles. The van der Waals surface area contributed by atoms with Crippen LogP contribution in [0, 0.1) is 6.92 Å². The van der Waals surface area contributed by atoms with Crippen molar-refractivity contribution in [3.63, 3.8) is 0 Å². The quantitative estimate of drug-likeness (QED) is 0.579. The van der Waals surface area contributed by atoms with Crippen LogP contribution in [0.3, 0.4) is 0 Å². The molecule has 0 spiro atoms. The summed E-state index contributed by atoms with van der Waals surface area (Å²) in [6.07, 6.45) is 1.80. The molecule has 0 saturated heterocycles. The van der Waals surface area contributed by atoms with Crippen molar-refractivity contribution in [3.05, 3.63) is 22.3 Å². The highest BCUT2D eigenvalue weighted by atomic mass is 79.9. The van der Waals surface area contributed by atoms with E-state index in [1.165, 1.54) is 0 Å². The van der Waals surface area contributed by atoms with Crippen LogP contribution >= 0.6 is 15.9 Å². The molecule has 19 heavy (non-hydrogen) atoms. The van der Waals surface area contributed by atoms with Gasteiger partial charge in [-0.25, -0.2) is 4.98 Å². The van der Waals surface area contributed by atoms with Crippen LogP contribution in [0.25, 0.3) is 0 Å². The van der Waals surface area contributed by atoms with Crippen molar-refractivity contribution in [2.24, 2.45) is 0 Å². The molecule has 1 heterocycles. The average molecular weight is 346 g/mol. The van der Waals surface area contributed by atoms with Crippen LogP contribution in [0.4, 0.5) is 0 Å². The van der Waals surface area contributed by atoms with Gasteiger partial charge in [-0.1, -0.05) is 20.8 Å². The lowest BCUT2D eigenvalue weighted by molar-refractivity contribution is 0.198. The van der Waals surface area contributed by atoms with Crippen molar-refractivity contribution >= 4 is 24.2 Å². The first kappa shape index (κ1) is 16.7. The zero-order valence-electron chi connectivity index (χ0n) is 12.7. The van der Waals surface area contributed by atoms with E-state index in [4.69, 9.17) is 9.16 Å². The lowest BCUT2D eigenvalue weighted by Gasteiger charge is -2.36. The molecule has 0 N–H and O–H groups in total. The maximum atomic E-state index is 6.05. The highest BCUT2D eigenvalue weighted by molar-refractivity contribution is 9.10. The van der Waals surface area contributed by atoms with Crippen LogP contribution < -0.4 is 4.74 Å². The number of ether oxygens (including phenoxy) is 1. The zero-order valence-corrected chi connectivity index (χ0v) is 15.3. The third-order valence-electron chi connectivity index (χ3n) is 3.54. The molecule has 5 heteroatoms. The van der Waals surface area contributed by atoms with Crippen LogP contribution in [0.1, 0.15) is 26.3 Å². The van der Waals surface area contributed by atoms with Crippen molar-refractivity contribution in [3.8, 4) is 5.88 Å². The van der Waals surface area contributed by atoms with Gasteiger partial charge in [0.15, 0.2) is 8.32 Å². The summed E-state index contributed by atoms with van der Waals surface area (Å²) in [5, 5.41) is 0.232. The summed E-state index contributed by atoms with van der Waals surface area (Å²) in [6, 6.07) is 2.00. The molecule has 0 atom stereocenters. The van der Waals surface area contributed by atoms with Crippen LogP contribution in [-0.2, 0) is 4.43 Å². The molecule has 1 aromatic rings. The molecule has 3 nitrogen and oxygen atoms in total. The molecule has 0 bridgehead atoms. The van der Waals surface area contributed by atoms with Crippen molar-refractivity contribution in [1.29, 1.82) is 0 Å². The van der Waals surface area contributed by atoms with Gasteiger partial charge in [0.05, 0.1) is 11.1 Å². The largest absolute Gasteiger partial charge is 0.474 e. The fourth-order valence-corrected chi connectivity index (χ4v) is 2.88. The highest BCUT2D eigenvalue weighted by Gasteiger charge is 2.36. The molecule has 0 amide bonds. The Morgan fingerprint density at radius 1 is 1.26 bits per heavy atom. The van der Waals surface area contributed by atoms with Crippen LogP contribution in [0.15, 0.2) is 16.7 Å². The maximum absolute atomic E-state index is 6.05. The van der Waals surface area contributed by atoms with Gasteiger partial charge in [0.1, 0.15) is 6.61 Å². The van der Waals surface area contributed by atoms with Gasteiger partial charge < -0.3 is 9.16 Å². The minimum absolute atomic E-state index is 0.232. The minimum Gasteiger partial charge on any atom is -0.474 e. The molecule has 0 radical (unpaired) electrons. The predicted octanol–water partition coefficient (Wildman–Crippen LogP) is 4.55. The Labute approximate surface area is 126 Å². The van der Waals surface area contributed by atoms with E-state index in [9.17, 15) is 0 Å². The maximum Gasteiger partial charge on any atom is 0.228 e. The molecule has 0 saturated carbocycles. The number of aromatic nitrogens is 1. The smallest absolute Gasteiger partial charge is 0.228 e. The topological polar surface area (TPSA) is 31.4 Å². The Kier molecular flexibility index (Phi) is 5.59. The number of hydrogen-bond acceptors (Lipinski definition) is 3. The molecule has 0 aliphatic rings. The fraction of sp³-hybridized carbons (Fsp3) is 0.643. The molecule has 0 aromatic carbocycles. The second-order valence-corrected chi connectivity index (χ2v) is 11.9. The van der Waals surface area contributed by atoms with Crippen LogP contribution in [-0.4, -0.2) is 26.5 Å². The van der Waals surface area contributed by atoms with E-state index in [1.807, 2.05) is 13.0 Å². The second kappa shape index (κ2) is 6.37. The summed E-state index contributed by atoms with van der Waals surface area (Å²) in [7, 11) is -1.68. The number of rotatable bonds is 5. The van der Waals surface area contributed by atoms with Gasteiger partial charge in [-0.3, -0.25) is 0 Å². The summed E-state index contributed by atoms with van der Waals surface area (Å²) in [4.78, 5) is 4.25. The summed E-state index contributed by atoms with van der Waals surface area (Å²) in [5.74, 6) is 0.629. The lowest BCUT2D eigenvalue weighted by Crippen LogP contribution is -2.41. The monoisotopic (exact) mass is 345 g/mol. The number of hydrogen-bond donors (Lipinski definition) is 0. The minimum atomic E-state index is -1.68. The van der Waals surface area contributed by atoms with E-state index < -0.39 is 8.32 Å². The van der Waals surface area contributed by atoms with Crippen molar-refractivity contribution < 1.29 is 9.16 Å². The van der Waals surface area contributed by atoms with Gasteiger partial charge in [-0.2, -0.15) is 0 Å². The third-order valence-corrected chi connectivity index (χ3v) is 8.64. The molecule has 0 aliphatic carbocycles. The summed E-state index contributed by atoms with van der Waals surface area (Å²) < 4.78 is 12.6. The Balaban J connectivity index is 2.43. The van der Waals surface area contributed by atoms with E-state index in [0.29, 0.717) is 19.1 Å².